The molecule has 0 saturated heterocycles. The number of amides is 1. The van der Waals surface area contributed by atoms with Gasteiger partial charge in [0.25, 0.3) is 5.91 Å². The first-order valence-corrected chi connectivity index (χ1v) is 8.28. The summed E-state index contributed by atoms with van der Waals surface area (Å²) in [7, 11) is 0. The van der Waals surface area contributed by atoms with Gasteiger partial charge in [-0.1, -0.05) is 60.7 Å². The predicted molar refractivity (Wildman–Crippen MR) is 99.5 cm³/mol. The topological polar surface area (TPSA) is 75.6 Å². The molecule has 0 unspecified atom stereocenters. The van der Waals surface area contributed by atoms with Crippen LogP contribution in [-0.2, 0) is 14.3 Å². The standard InChI is InChI=1S/C21H19NO4/c1-14(26-21(25)19(23)16-8-3-2-4-9-16)20(24)22-18-12-11-15-7-5-6-10-17(15)13-18/h2-14,19,23H,1H3,(H,22,24)/t14-,19-/m0/s1. The number of carbonyl (C=O) groups is 2. The lowest BCUT2D eigenvalue weighted by atomic mass is 10.1. The number of fused-ring (bicyclic) bond motifs is 1. The van der Waals surface area contributed by atoms with Crippen LogP contribution < -0.4 is 5.32 Å². The molecule has 1 amide bonds. The Morgan fingerprint density at radius 3 is 2.31 bits per heavy atom. The van der Waals surface area contributed by atoms with Crippen LogP contribution in [0.3, 0.4) is 0 Å². The van der Waals surface area contributed by atoms with Crippen LogP contribution >= 0.6 is 0 Å². The Kier molecular flexibility index (Phi) is 5.29. The molecule has 2 N–H and O–H groups in total. The number of carbonyl (C=O) groups excluding carboxylic acids is 2. The molecule has 0 aliphatic heterocycles. The number of ether oxygens (including phenoxy) is 1. The summed E-state index contributed by atoms with van der Waals surface area (Å²) in [6, 6.07) is 21.8. The van der Waals surface area contributed by atoms with E-state index in [2.05, 4.69) is 5.32 Å². The van der Waals surface area contributed by atoms with Gasteiger partial charge in [0.1, 0.15) is 0 Å². The maximum Gasteiger partial charge on any atom is 0.340 e. The molecule has 2 atom stereocenters. The van der Waals surface area contributed by atoms with E-state index in [1.807, 2.05) is 36.4 Å². The average Bonchev–Trinajstić information content (AvgIpc) is 2.67. The Morgan fingerprint density at radius 1 is 0.923 bits per heavy atom. The van der Waals surface area contributed by atoms with Crippen molar-refractivity contribution < 1.29 is 19.4 Å². The maximum absolute atomic E-state index is 12.3. The largest absolute Gasteiger partial charge is 0.450 e. The summed E-state index contributed by atoms with van der Waals surface area (Å²) < 4.78 is 5.09. The van der Waals surface area contributed by atoms with Crippen LogP contribution in [-0.4, -0.2) is 23.1 Å². The van der Waals surface area contributed by atoms with Crippen molar-refractivity contribution >= 4 is 28.3 Å². The van der Waals surface area contributed by atoms with E-state index < -0.39 is 24.1 Å². The normalized spacial score (nSPS) is 13.0. The third-order valence-electron chi connectivity index (χ3n) is 4.02. The van der Waals surface area contributed by atoms with Crippen LogP contribution in [0.2, 0.25) is 0 Å². The molecule has 132 valence electrons. The highest BCUT2D eigenvalue weighted by molar-refractivity contribution is 5.97. The molecule has 3 aromatic rings. The van der Waals surface area contributed by atoms with Gasteiger partial charge < -0.3 is 15.2 Å². The molecule has 0 spiro atoms. The fraction of sp³-hybridized carbons (Fsp3) is 0.143. The molecule has 0 aliphatic rings. The van der Waals surface area contributed by atoms with Crippen LogP contribution in [0.15, 0.2) is 72.8 Å². The lowest BCUT2D eigenvalue weighted by Crippen LogP contribution is -2.31. The molecule has 0 bridgehead atoms. The number of hydrogen-bond acceptors (Lipinski definition) is 4. The Bertz CT molecular complexity index is 923. The minimum Gasteiger partial charge on any atom is -0.450 e. The minimum atomic E-state index is -1.42. The molecule has 0 aromatic heterocycles. The monoisotopic (exact) mass is 349 g/mol. The highest BCUT2D eigenvalue weighted by atomic mass is 16.6. The first-order chi connectivity index (χ1) is 12.5. The Morgan fingerprint density at radius 2 is 1.58 bits per heavy atom. The number of rotatable bonds is 5. The zero-order valence-corrected chi connectivity index (χ0v) is 14.3. The zero-order chi connectivity index (χ0) is 18.5. The number of anilines is 1. The lowest BCUT2D eigenvalue weighted by Gasteiger charge is -2.16. The highest BCUT2D eigenvalue weighted by Gasteiger charge is 2.24. The third kappa shape index (κ3) is 4.07. The van der Waals surface area contributed by atoms with E-state index >= 15 is 0 Å². The van der Waals surface area contributed by atoms with Crippen molar-refractivity contribution in [2.24, 2.45) is 0 Å². The molecular weight excluding hydrogens is 330 g/mol. The van der Waals surface area contributed by atoms with Crippen LogP contribution in [0.4, 0.5) is 5.69 Å². The zero-order valence-electron chi connectivity index (χ0n) is 14.3. The van der Waals surface area contributed by atoms with Gasteiger partial charge in [-0.2, -0.15) is 0 Å². The maximum atomic E-state index is 12.3. The summed E-state index contributed by atoms with van der Waals surface area (Å²) >= 11 is 0. The minimum absolute atomic E-state index is 0.416. The van der Waals surface area contributed by atoms with Gasteiger partial charge in [-0.25, -0.2) is 4.79 Å². The summed E-state index contributed by atoms with van der Waals surface area (Å²) in [6.07, 6.45) is -2.46. The summed E-state index contributed by atoms with van der Waals surface area (Å²) in [5, 5.41) is 14.8. The fourth-order valence-corrected chi connectivity index (χ4v) is 2.57. The number of aliphatic hydroxyl groups is 1. The van der Waals surface area contributed by atoms with E-state index in [9.17, 15) is 14.7 Å². The molecular formula is C21H19NO4. The van der Waals surface area contributed by atoms with E-state index in [1.54, 1.807) is 36.4 Å². The van der Waals surface area contributed by atoms with Gasteiger partial charge in [-0.3, -0.25) is 4.79 Å². The van der Waals surface area contributed by atoms with Gasteiger partial charge in [-0.05, 0) is 35.4 Å². The van der Waals surface area contributed by atoms with Crippen molar-refractivity contribution in [1.29, 1.82) is 0 Å². The molecule has 0 heterocycles. The second-order valence-corrected chi connectivity index (χ2v) is 5.94. The van der Waals surface area contributed by atoms with Gasteiger partial charge in [0.15, 0.2) is 12.2 Å². The van der Waals surface area contributed by atoms with Crippen LogP contribution in [0.1, 0.15) is 18.6 Å². The van der Waals surface area contributed by atoms with Gasteiger partial charge in [-0.15, -0.1) is 0 Å². The second kappa shape index (κ2) is 7.80. The highest BCUT2D eigenvalue weighted by Crippen LogP contribution is 2.19. The molecule has 3 aromatic carbocycles. The van der Waals surface area contributed by atoms with Gasteiger partial charge in [0.2, 0.25) is 0 Å². The van der Waals surface area contributed by atoms with Crippen molar-refractivity contribution in [2.75, 3.05) is 5.32 Å². The second-order valence-electron chi connectivity index (χ2n) is 5.94. The van der Waals surface area contributed by atoms with Gasteiger partial charge >= 0.3 is 5.97 Å². The van der Waals surface area contributed by atoms with E-state index in [0.717, 1.165) is 10.8 Å². The van der Waals surface area contributed by atoms with E-state index in [-0.39, 0.29) is 0 Å². The molecule has 0 fully saturated rings. The number of hydrogen-bond donors (Lipinski definition) is 2. The van der Waals surface area contributed by atoms with E-state index in [0.29, 0.717) is 11.3 Å². The Balaban J connectivity index is 1.62. The predicted octanol–water partition coefficient (Wildman–Crippen LogP) is 3.44. The Hall–Kier alpha value is -3.18. The smallest absolute Gasteiger partial charge is 0.340 e. The quantitative estimate of drug-likeness (QED) is 0.692. The van der Waals surface area contributed by atoms with Crippen molar-refractivity contribution in [1.82, 2.24) is 0 Å². The summed E-state index contributed by atoms with van der Waals surface area (Å²) in [4.78, 5) is 24.3. The first kappa shape index (κ1) is 17.6. The van der Waals surface area contributed by atoms with Crippen molar-refractivity contribution in [2.45, 2.75) is 19.1 Å². The van der Waals surface area contributed by atoms with Crippen LogP contribution in [0.5, 0.6) is 0 Å². The number of benzene rings is 3. The summed E-state index contributed by atoms with van der Waals surface area (Å²) in [5.74, 6) is -1.33. The number of aliphatic hydroxyl groups excluding tert-OH is 1. The van der Waals surface area contributed by atoms with E-state index in [1.165, 1.54) is 6.92 Å². The first-order valence-electron chi connectivity index (χ1n) is 8.28. The van der Waals surface area contributed by atoms with Crippen LogP contribution in [0.25, 0.3) is 10.8 Å². The molecule has 26 heavy (non-hydrogen) atoms. The molecule has 0 radical (unpaired) electrons. The Labute approximate surface area is 151 Å². The summed E-state index contributed by atoms with van der Waals surface area (Å²) in [6.45, 7) is 1.46. The fourth-order valence-electron chi connectivity index (χ4n) is 2.57. The van der Waals surface area contributed by atoms with Crippen molar-refractivity contribution in [3.8, 4) is 0 Å². The van der Waals surface area contributed by atoms with E-state index in [4.69, 9.17) is 4.74 Å². The molecule has 5 heteroatoms. The molecule has 3 rings (SSSR count). The van der Waals surface area contributed by atoms with Crippen molar-refractivity contribution in [3.63, 3.8) is 0 Å². The number of esters is 1. The van der Waals surface area contributed by atoms with Crippen LogP contribution in [0, 0.1) is 0 Å². The summed E-state index contributed by atoms with van der Waals surface area (Å²) in [5.41, 5.74) is 1.03. The average molecular weight is 349 g/mol. The number of nitrogens with one attached hydrogen (secondary N) is 1. The van der Waals surface area contributed by atoms with Gasteiger partial charge in [0.05, 0.1) is 0 Å². The molecule has 0 aliphatic carbocycles. The van der Waals surface area contributed by atoms with Crippen molar-refractivity contribution in [3.05, 3.63) is 78.4 Å². The third-order valence-corrected chi connectivity index (χ3v) is 4.02. The lowest BCUT2D eigenvalue weighted by molar-refractivity contribution is -0.162. The van der Waals surface area contributed by atoms with Gasteiger partial charge in [0, 0.05) is 5.69 Å². The molecule has 0 saturated carbocycles. The molecule has 5 nitrogen and oxygen atoms in total. The SMILES string of the molecule is C[C@H](OC(=O)[C@@H](O)c1ccccc1)C(=O)Nc1ccc2ccccc2c1.